The number of oxime groups is 1. The second-order valence-electron chi connectivity index (χ2n) is 1.52. The van der Waals surface area contributed by atoms with Crippen LogP contribution in [0.25, 0.3) is 0 Å². The van der Waals surface area contributed by atoms with Crippen LogP contribution in [-0.2, 0) is 4.53 Å². The molecule has 0 aliphatic heterocycles. The van der Waals surface area contributed by atoms with Crippen molar-refractivity contribution in [1.82, 2.24) is 0 Å². The second kappa shape index (κ2) is 3.86. The first-order valence-corrected chi connectivity index (χ1v) is 5.19. The second-order valence-corrected chi connectivity index (χ2v) is 3.83. The summed E-state index contributed by atoms with van der Waals surface area (Å²) in [6, 6.07) is 0. The molecule has 0 N–H and O–H groups in total. The molecule has 0 heterocycles. The van der Waals surface area contributed by atoms with Gasteiger partial charge in [-0.2, -0.15) is 0 Å². The summed E-state index contributed by atoms with van der Waals surface area (Å²) in [5, 5.41) is 3.61. The van der Waals surface area contributed by atoms with E-state index in [2.05, 4.69) is 18.2 Å². The van der Waals surface area contributed by atoms with Crippen molar-refractivity contribution in [2.45, 2.75) is 20.0 Å². The van der Waals surface area contributed by atoms with Crippen molar-refractivity contribution in [3.63, 3.8) is 0 Å². The average Bonchev–Trinajstić information content (AvgIpc) is 1.61. The molecule has 0 aliphatic carbocycles. The molecule has 0 saturated carbocycles. The molecule has 0 rings (SSSR count). The molecule has 0 saturated heterocycles. The van der Waals surface area contributed by atoms with Gasteiger partial charge in [0.25, 0.3) is 9.04 Å². The number of rotatable bonds is 2. The fourth-order valence-electron chi connectivity index (χ4n) is 0.183. The van der Waals surface area contributed by atoms with E-state index in [-0.39, 0.29) is 0 Å². The predicted molar refractivity (Wildman–Crippen MR) is 34.1 cm³/mol. The summed E-state index contributed by atoms with van der Waals surface area (Å²) < 4.78 is 4.90. The maximum Gasteiger partial charge on any atom is 0.266 e. The number of hydrogen-bond acceptors (Lipinski definition) is 2. The summed E-state index contributed by atoms with van der Waals surface area (Å²) in [6.45, 7) is 6.00. The van der Waals surface area contributed by atoms with Crippen LogP contribution in [0.5, 0.6) is 0 Å². The highest BCUT2D eigenvalue weighted by Gasteiger charge is 1.89. The summed E-state index contributed by atoms with van der Waals surface area (Å²) in [5.74, 6) is 0. The highest BCUT2D eigenvalue weighted by Crippen LogP contribution is 1.80. The van der Waals surface area contributed by atoms with E-state index in [0.29, 0.717) is 0 Å². The predicted octanol–water partition coefficient (Wildman–Crippen LogP) is 0.992. The van der Waals surface area contributed by atoms with Crippen LogP contribution in [0.15, 0.2) is 5.16 Å². The van der Waals surface area contributed by atoms with Gasteiger partial charge >= 0.3 is 0 Å². The van der Waals surface area contributed by atoms with Crippen molar-refractivity contribution in [3.05, 3.63) is 0 Å². The summed E-state index contributed by atoms with van der Waals surface area (Å²) in [5.41, 5.74) is 0. The van der Waals surface area contributed by atoms with Crippen molar-refractivity contribution in [2.75, 3.05) is 0 Å². The first-order chi connectivity index (χ1) is 3.27. The van der Waals surface area contributed by atoms with E-state index in [0.717, 1.165) is 0 Å². The topological polar surface area (TPSA) is 21.6 Å². The van der Waals surface area contributed by atoms with Crippen LogP contribution >= 0.6 is 0 Å². The van der Waals surface area contributed by atoms with E-state index >= 15 is 0 Å². The third kappa shape index (κ3) is 5.69. The van der Waals surface area contributed by atoms with E-state index in [1.54, 1.807) is 6.21 Å². The molecule has 0 aromatic heterocycles. The zero-order chi connectivity index (χ0) is 5.70. The normalized spacial score (nSPS) is 10.9. The lowest BCUT2D eigenvalue weighted by Crippen LogP contribution is -2.01. The van der Waals surface area contributed by atoms with Gasteiger partial charge in [-0.25, -0.2) is 0 Å². The Labute approximate surface area is 45.9 Å². The molecule has 0 spiro atoms. The molecule has 2 nitrogen and oxygen atoms in total. The lowest BCUT2D eigenvalue weighted by atomic mass is 10.9. The van der Waals surface area contributed by atoms with Crippen molar-refractivity contribution in [3.8, 4) is 0 Å². The Bertz CT molecular complexity index is 62.7. The quantitative estimate of drug-likeness (QED) is 0.300. The molecule has 0 radical (unpaired) electrons. The minimum Gasteiger partial charge on any atom is -0.460 e. The lowest BCUT2D eigenvalue weighted by Gasteiger charge is -1.96. The molecular formula is C4H11NOSi. The van der Waals surface area contributed by atoms with Crippen LogP contribution in [-0.4, -0.2) is 15.3 Å². The minimum absolute atomic E-state index is 0.886. The van der Waals surface area contributed by atoms with Crippen LogP contribution < -0.4 is 0 Å². The molecule has 0 amide bonds. The van der Waals surface area contributed by atoms with Gasteiger partial charge in [-0.1, -0.05) is 0 Å². The summed E-state index contributed by atoms with van der Waals surface area (Å²) >= 11 is 0. The van der Waals surface area contributed by atoms with Crippen molar-refractivity contribution in [2.24, 2.45) is 5.16 Å². The van der Waals surface area contributed by atoms with Crippen LogP contribution in [0, 0.1) is 0 Å². The van der Waals surface area contributed by atoms with Gasteiger partial charge in [0.05, 0.1) is 0 Å². The van der Waals surface area contributed by atoms with Crippen LogP contribution in [0.3, 0.4) is 0 Å². The summed E-state index contributed by atoms with van der Waals surface area (Å²) in [4.78, 5) is 0. The minimum atomic E-state index is -0.886. The third-order valence-corrected chi connectivity index (χ3v) is 0.920. The molecule has 0 atom stereocenters. The number of hydrogen-bond donors (Lipinski definition) is 0. The van der Waals surface area contributed by atoms with Gasteiger partial charge in [-0.3, -0.25) is 0 Å². The van der Waals surface area contributed by atoms with Gasteiger partial charge in [0.2, 0.25) is 0 Å². The van der Waals surface area contributed by atoms with Crippen molar-refractivity contribution >= 4 is 15.3 Å². The van der Waals surface area contributed by atoms with Gasteiger partial charge in [-0.05, 0) is 20.0 Å². The fourth-order valence-corrected chi connectivity index (χ4v) is 0.548. The maximum atomic E-state index is 4.90. The molecule has 0 bridgehead atoms. The Kier molecular flexibility index (Phi) is 3.69. The number of nitrogens with zero attached hydrogens (tertiary/aromatic N) is 1. The van der Waals surface area contributed by atoms with E-state index in [9.17, 15) is 0 Å². The van der Waals surface area contributed by atoms with E-state index in [1.807, 2.05) is 6.92 Å². The highest BCUT2D eigenvalue weighted by atomic mass is 28.3. The van der Waals surface area contributed by atoms with Gasteiger partial charge in [-0.15, -0.1) is 5.16 Å². The lowest BCUT2D eigenvalue weighted by molar-refractivity contribution is 0.354. The molecular weight excluding hydrogens is 106 g/mol. The fraction of sp³-hybridized carbons (Fsp3) is 0.750. The third-order valence-electron chi connectivity index (χ3n) is 0.377. The van der Waals surface area contributed by atoms with Gasteiger partial charge in [0.15, 0.2) is 0 Å². The Morgan fingerprint density at radius 2 is 2.14 bits per heavy atom. The first kappa shape index (κ1) is 6.69. The van der Waals surface area contributed by atoms with E-state index in [1.165, 1.54) is 0 Å². The Morgan fingerprint density at radius 3 is 2.29 bits per heavy atom. The van der Waals surface area contributed by atoms with E-state index < -0.39 is 9.04 Å². The van der Waals surface area contributed by atoms with Crippen LogP contribution in [0.4, 0.5) is 0 Å². The molecule has 0 fully saturated rings. The largest absolute Gasteiger partial charge is 0.460 e. The Balaban J connectivity index is 2.97. The van der Waals surface area contributed by atoms with Gasteiger partial charge in [0.1, 0.15) is 0 Å². The average molecular weight is 117 g/mol. The summed E-state index contributed by atoms with van der Waals surface area (Å²) in [7, 11) is -0.886. The first-order valence-electron chi connectivity index (χ1n) is 2.41. The van der Waals surface area contributed by atoms with Gasteiger partial charge < -0.3 is 4.53 Å². The maximum absolute atomic E-state index is 4.90. The zero-order valence-corrected chi connectivity index (χ0v) is 6.16. The Hall–Kier alpha value is -0.313. The standard InChI is InChI=1S/C4H11NOSi/c1-4-5-6-7(2)3/h4,7H,1-3H3. The molecule has 0 aromatic carbocycles. The molecule has 0 unspecified atom stereocenters. The SMILES string of the molecule is CC=NO[SiH](C)C. The molecule has 42 valence electrons. The molecule has 7 heavy (non-hydrogen) atoms. The van der Waals surface area contributed by atoms with Crippen molar-refractivity contribution < 1.29 is 4.53 Å². The van der Waals surface area contributed by atoms with Crippen LogP contribution in [0.2, 0.25) is 13.1 Å². The zero-order valence-electron chi connectivity index (χ0n) is 5.01. The van der Waals surface area contributed by atoms with E-state index in [4.69, 9.17) is 4.53 Å². The molecule has 0 aromatic rings. The molecule has 3 heteroatoms. The van der Waals surface area contributed by atoms with Crippen LogP contribution in [0.1, 0.15) is 6.92 Å². The summed E-state index contributed by atoms with van der Waals surface area (Å²) in [6.07, 6.45) is 1.66. The van der Waals surface area contributed by atoms with Crippen molar-refractivity contribution in [1.29, 1.82) is 0 Å². The van der Waals surface area contributed by atoms with Gasteiger partial charge in [0, 0.05) is 6.21 Å². The smallest absolute Gasteiger partial charge is 0.266 e. The molecule has 0 aliphatic rings. The highest BCUT2D eigenvalue weighted by molar-refractivity contribution is 6.48. The Morgan fingerprint density at radius 1 is 1.57 bits per heavy atom. The monoisotopic (exact) mass is 117 g/mol.